The fourth-order valence-corrected chi connectivity index (χ4v) is 2.72. The zero-order valence-electron chi connectivity index (χ0n) is 15.6. The fourth-order valence-electron chi connectivity index (χ4n) is 2.72. The van der Waals surface area contributed by atoms with E-state index in [1.165, 1.54) is 5.56 Å². The standard InChI is InChI=1S/C20H26N6O/c1-17(18-7-3-2-4-8-18)24-20(22-12-10-19-9-5-16-27-19)21-11-6-14-26-15-13-23-25-26/h2-5,7-9,13,15-17H,6,10-12,14H2,1H3,(H2,21,22,24). The van der Waals surface area contributed by atoms with Gasteiger partial charge in [0.1, 0.15) is 5.76 Å². The molecule has 0 amide bonds. The Morgan fingerprint density at radius 3 is 2.85 bits per heavy atom. The Hall–Kier alpha value is -3.09. The van der Waals surface area contributed by atoms with Crippen LogP contribution in [-0.4, -0.2) is 34.0 Å². The van der Waals surface area contributed by atoms with Crippen LogP contribution >= 0.6 is 0 Å². The van der Waals surface area contributed by atoms with Gasteiger partial charge in [-0.25, -0.2) is 0 Å². The van der Waals surface area contributed by atoms with Crippen molar-refractivity contribution in [2.75, 3.05) is 13.1 Å². The number of nitrogens with zero attached hydrogens (tertiary/aromatic N) is 4. The Balaban J connectivity index is 1.53. The van der Waals surface area contributed by atoms with Gasteiger partial charge in [0.15, 0.2) is 5.96 Å². The van der Waals surface area contributed by atoms with Crippen molar-refractivity contribution in [3.8, 4) is 0 Å². The first-order chi connectivity index (χ1) is 13.3. The SMILES string of the molecule is CC(NC(=NCCCn1ccnn1)NCCc1ccco1)c1ccccc1. The second kappa shape index (κ2) is 10.2. The lowest BCUT2D eigenvalue weighted by molar-refractivity contribution is 0.506. The number of hydrogen-bond acceptors (Lipinski definition) is 4. The molecule has 142 valence electrons. The Morgan fingerprint density at radius 1 is 1.22 bits per heavy atom. The number of nitrogens with one attached hydrogen (secondary N) is 2. The van der Waals surface area contributed by atoms with Crippen LogP contribution < -0.4 is 10.6 Å². The Labute approximate surface area is 159 Å². The summed E-state index contributed by atoms with van der Waals surface area (Å²) < 4.78 is 7.21. The van der Waals surface area contributed by atoms with Crippen LogP contribution in [0.25, 0.3) is 0 Å². The van der Waals surface area contributed by atoms with E-state index < -0.39 is 0 Å². The lowest BCUT2D eigenvalue weighted by Gasteiger charge is -2.18. The van der Waals surface area contributed by atoms with Crippen LogP contribution in [0.5, 0.6) is 0 Å². The first-order valence-electron chi connectivity index (χ1n) is 9.27. The highest BCUT2D eigenvalue weighted by molar-refractivity contribution is 5.80. The van der Waals surface area contributed by atoms with Crippen LogP contribution in [0.1, 0.15) is 30.7 Å². The molecule has 0 spiro atoms. The molecule has 1 aromatic carbocycles. The lowest BCUT2D eigenvalue weighted by atomic mass is 10.1. The van der Waals surface area contributed by atoms with Gasteiger partial charge in [-0.15, -0.1) is 5.10 Å². The predicted molar refractivity (Wildman–Crippen MR) is 105 cm³/mol. The van der Waals surface area contributed by atoms with Gasteiger partial charge in [-0.3, -0.25) is 9.67 Å². The molecule has 0 aliphatic heterocycles. The molecule has 0 aliphatic rings. The summed E-state index contributed by atoms with van der Waals surface area (Å²) in [5.41, 5.74) is 1.22. The summed E-state index contributed by atoms with van der Waals surface area (Å²) in [5, 5.41) is 14.7. The minimum Gasteiger partial charge on any atom is -0.469 e. The van der Waals surface area contributed by atoms with E-state index in [1.54, 1.807) is 12.5 Å². The molecule has 3 rings (SSSR count). The van der Waals surface area contributed by atoms with E-state index in [0.29, 0.717) is 6.54 Å². The van der Waals surface area contributed by atoms with Gasteiger partial charge in [-0.05, 0) is 31.0 Å². The fraction of sp³-hybridized carbons (Fsp3) is 0.350. The van der Waals surface area contributed by atoms with Gasteiger partial charge in [0.05, 0.1) is 18.5 Å². The van der Waals surface area contributed by atoms with Crippen LogP contribution in [0.15, 0.2) is 70.5 Å². The topological polar surface area (TPSA) is 80.3 Å². The molecule has 0 saturated carbocycles. The number of guanidine groups is 1. The van der Waals surface area contributed by atoms with Gasteiger partial charge in [0.25, 0.3) is 0 Å². The first kappa shape index (κ1) is 18.7. The molecule has 0 saturated heterocycles. The number of furan rings is 1. The van der Waals surface area contributed by atoms with Gasteiger partial charge >= 0.3 is 0 Å². The van der Waals surface area contributed by atoms with E-state index >= 15 is 0 Å². The second-order valence-corrected chi connectivity index (χ2v) is 6.28. The molecule has 2 aromatic heterocycles. The second-order valence-electron chi connectivity index (χ2n) is 6.28. The minimum atomic E-state index is 0.163. The number of aryl methyl sites for hydroxylation is 1. The minimum absolute atomic E-state index is 0.163. The van der Waals surface area contributed by atoms with Crippen LogP contribution in [0, 0.1) is 0 Å². The molecule has 27 heavy (non-hydrogen) atoms. The zero-order chi connectivity index (χ0) is 18.7. The van der Waals surface area contributed by atoms with Gasteiger partial charge in [0, 0.05) is 32.3 Å². The van der Waals surface area contributed by atoms with Gasteiger partial charge in [0.2, 0.25) is 0 Å². The van der Waals surface area contributed by atoms with E-state index in [0.717, 1.165) is 37.7 Å². The van der Waals surface area contributed by atoms with Crippen LogP contribution in [0.4, 0.5) is 0 Å². The number of hydrogen-bond donors (Lipinski definition) is 2. The third-order valence-corrected chi connectivity index (χ3v) is 4.18. The summed E-state index contributed by atoms with van der Waals surface area (Å²) in [7, 11) is 0. The van der Waals surface area contributed by atoms with Crippen LogP contribution in [-0.2, 0) is 13.0 Å². The van der Waals surface area contributed by atoms with Crippen molar-refractivity contribution in [3.05, 3.63) is 72.4 Å². The lowest BCUT2D eigenvalue weighted by Crippen LogP contribution is -2.40. The summed E-state index contributed by atoms with van der Waals surface area (Å²) in [6.07, 6.45) is 6.96. The molecular formula is C20H26N6O. The number of aromatic nitrogens is 3. The summed E-state index contributed by atoms with van der Waals surface area (Å²) in [5.74, 6) is 1.76. The zero-order valence-corrected chi connectivity index (χ0v) is 15.6. The third kappa shape index (κ3) is 6.29. The highest BCUT2D eigenvalue weighted by atomic mass is 16.3. The number of rotatable bonds is 9. The van der Waals surface area contributed by atoms with Crippen molar-refractivity contribution in [1.82, 2.24) is 25.6 Å². The molecule has 1 atom stereocenters. The van der Waals surface area contributed by atoms with Crippen molar-refractivity contribution < 1.29 is 4.42 Å². The summed E-state index contributed by atoms with van der Waals surface area (Å²) in [4.78, 5) is 4.71. The maximum absolute atomic E-state index is 5.39. The molecule has 0 aliphatic carbocycles. The molecule has 0 fully saturated rings. The maximum atomic E-state index is 5.39. The van der Waals surface area contributed by atoms with Crippen molar-refractivity contribution in [1.29, 1.82) is 0 Å². The molecular weight excluding hydrogens is 340 g/mol. The molecule has 7 heteroatoms. The molecule has 2 heterocycles. The van der Waals surface area contributed by atoms with Gasteiger partial charge in [-0.2, -0.15) is 0 Å². The molecule has 0 radical (unpaired) electrons. The highest BCUT2D eigenvalue weighted by Gasteiger charge is 2.08. The third-order valence-electron chi connectivity index (χ3n) is 4.18. The summed E-state index contributed by atoms with van der Waals surface area (Å²) in [6.45, 7) is 4.40. The summed E-state index contributed by atoms with van der Waals surface area (Å²) >= 11 is 0. The first-order valence-corrected chi connectivity index (χ1v) is 9.27. The van der Waals surface area contributed by atoms with E-state index in [2.05, 4.69) is 40.0 Å². The van der Waals surface area contributed by atoms with E-state index in [9.17, 15) is 0 Å². The van der Waals surface area contributed by atoms with E-state index in [1.807, 2.05) is 41.2 Å². The van der Waals surface area contributed by atoms with Crippen LogP contribution in [0.3, 0.4) is 0 Å². The number of aliphatic imine (C=N–C) groups is 1. The number of benzene rings is 1. The largest absolute Gasteiger partial charge is 0.469 e. The maximum Gasteiger partial charge on any atom is 0.191 e. The Morgan fingerprint density at radius 2 is 2.11 bits per heavy atom. The average Bonchev–Trinajstić information content (AvgIpc) is 3.40. The monoisotopic (exact) mass is 366 g/mol. The quantitative estimate of drug-likeness (QED) is 0.346. The van der Waals surface area contributed by atoms with Gasteiger partial charge < -0.3 is 15.1 Å². The predicted octanol–water partition coefficient (Wildman–Crippen LogP) is 2.80. The molecule has 0 bridgehead atoms. The van der Waals surface area contributed by atoms with Crippen molar-refractivity contribution in [2.45, 2.75) is 32.4 Å². The van der Waals surface area contributed by atoms with Gasteiger partial charge in [-0.1, -0.05) is 35.5 Å². The molecule has 2 N–H and O–H groups in total. The molecule has 3 aromatic rings. The van der Waals surface area contributed by atoms with E-state index in [-0.39, 0.29) is 6.04 Å². The Bertz CT molecular complexity index is 783. The Kier molecular flexibility index (Phi) is 7.03. The van der Waals surface area contributed by atoms with Crippen LogP contribution in [0.2, 0.25) is 0 Å². The van der Waals surface area contributed by atoms with Crippen molar-refractivity contribution >= 4 is 5.96 Å². The smallest absolute Gasteiger partial charge is 0.191 e. The highest BCUT2D eigenvalue weighted by Crippen LogP contribution is 2.10. The van der Waals surface area contributed by atoms with Crippen molar-refractivity contribution in [2.24, 2.45) is 4.99 Å². The molecule has 7 nitrogen and oxygen atoms in total. The summed E-state index contributed by atoms with van der Waals surface area (Å²) in [6, 6.07) is 14.4. The van der Waals surface area contributed by atoms with E-state index in [4.69, 9.17) is 9.41 Å². The molecule has 1 unspecified atom stereocenters. The van der Waals surface area contributed by atoms with Crippen molar-refractivity contribution in [3.63, 3.8) is 0 Å². The average molecular weight is 366 g/mol. The normalized spacial score (nSPS) is 12.7.